The summed E-state index contributed by atoms with van der Waals surface area (Å²) >= 11 is 0. The molecule has 0 atom stereocenters. The third-order valence-corrected chi connectivity index (χ3v) is 4.72. The van der Waals surface area contributed by atoms with Crippen LogP contribution >= 0.6 is 0 Å². The van der Waals surface area contributed by atoms with Crippen LogP contribution in [0.2, 0.25) is 0 Å². The van der Waals surface area contributed by atoms with Crippen molar-refractivity contribution in [3.05, 3.63) is 0 Å². The monoisotopic (exact) mass is 254 g/mol. The fourth-order valence-corrected chi connectivity index (χ4v) is 3.42. The molecule has 0 radical (unpaired) electrons. The van der Waals surface area contributed by atoms with E-state index in [0.717, 1.165) is 37.8 Å². The lowest BCUT2D eigenvalue weighted by molar-refractivity contribution is 0.0801. The molecule has 4 nitrogen and oxygen atoms in total. The topological polar surface area (TPSA) is 32.8 Å². The molecule has 0 N–H and O–H groups in total. The van der Waals surface area contributed by atoms with Gasteiger partial charge in [-0.1, -0.05) is 6.92 Å². The molecule has 0 aliphatic carbocycles. The molecule has 104 valence electrons. The minimum Gasteiger partial charge on any atom is -0.453 e. The van der Waals surface area contributed by atoms with Crippen molar-refractivity contribution < 1.29 is 9.53 Å². The summed E-state index contributed by atoms with van der Waals surface area (Å²) in [6, 6.07) is 0. The van der Waals surface area contributed by atoms with E-state index in [2.05, 4.69) is 11.8 Å². The van der Waals surface area contributed by atoms with Crippen LogP contribution in [0.1, 0.15) is 32.6 Å². The van der Waals surface area contributed by atoms with Crippen molar-refractivity contribution in [2.75, 3.05) is 39.8 Å². The van der Waals surface area contributed by atoms with Gasteiger partial charge in [-0.2, -0.15) is 0 Å². The summed E-state index contributed by atoms with van der Waals surface area (Å²) in [5, 5.41) is 0. The van der Waals surface area contributed by atoms with Crippen LogP contribution in [0, 0.1) is 11.8 Å². The fraction of sp³-hybridized carbons (Fsp3) is 0.929. The van der Waals surface area contributed by atoms with Crippen molar-refractivity contribution in [1.82, 2.24) is 9.80 Å². The van der Waals surface area contributed by atoms with E-state index >= 15 is 0 Å². The summed E-state index contributed by atoms with van der Waals surface area (Å²) in [4.78, 5) is 15.8. The molecule has 0 aromatic rings. The zero-order valence-corrected chi connectivity index (χ0v) is 11.7. The third-order valence-electron chi connectivity index (χ3n) is 4.72. The highest BCUT2D eigenvalue weighted by molar-refractivity contribution is 5.67. The number of nitrogens with zero attached hydrogens (tertiary/aromatic N) is 2. The highest BCUT2D eigenvalue weighted by atomic mass is 16.5. The zero-order valence-electron chi connectivity index (χ0n) is 11.7. The summed E-state index contributed by atoms with van der Waals surface area (Å²) in [7, 11) is 1.47. The number of carbonyl (C=O) groups is 1. The SMILES string of the molecule is CCN1CCC(C2CCN(C(=O)OC)CC2)CC1. The van der Waals surface area contributed by atoms with E-state index in [1.54, 1.807) is 0 Å². The highest BCUT2D eigenvalue weighted by Gasteiger charge is 2.30. The van der Waals surface area contributed by atoms with Crippen molar-refractivity contribution in [1.29, 1.82) is 0 Å². The lowest BCUT2D eigenvalue weighted by Crippen LogP contribution is -2.42. The Hall–Kier alpha value is -0.770. The van der Waals surface area contributed by atoms with Gasteiger partial charge in [-0.25, -0.2) is 4.79 Å². The van der Waals surface area contributed by atoms with Gasteiger partial charge >= 0.3 is 6.09 Å². The van der Waals surface area contributed by atoms with Crippen LogP contribution in [0.3, 0.4) is 0 Å². The number of amides is 1. The lowest BCUT2D eigenvalue weighted by atomic mass is 9.79. The molecule has 0 aromatic heterocycles. The van der Waals surface area contributed by atoms with Gasteiger partial charge in [0.15, 0.2) is 0 Å². The smallest absolute Gasteiger partial charge is 0.409 e. The minimum atomic E-state index is -0.158. The molecule has 4 heteroatoms. The molecule has 2 fully saturated rings. The maximum atomic E-state index is 11.4. The Labute approximate surface area is 110 Å². The molecular formula is C14H26N2O2. The second-order valence-electron chi connectivity index (χ2n) is 5.57. The van der Waals surface area contributed by atoms with E-state index in [4.69, 9.17) is 4.74 Å². The summed E-state index contributed by atoms with van der Waals surface area (Å²) < 4.78 is 4.78. The van der Waals surface area contributed by atoms with Crippen molar-refractivity contribution >= 4 is 6.09 Å². The van der Waals surface area contributed by atoms with Gasteiger partial charge in [0.1, 0.15) is 0 Å². The summed E-state index contributed by atoms with van der Waals surface area (Å²) in [6.45, 7) is 7.72. The second kappa shape index (κ2) is 6.41. The minimum absolute atomic E-state index is 0.158. The largest absolute Gasteiger partial charge is 0.453 e. The van der Waals surface area contributed by atoms with Gasteiger partial charge < -0.3 is 14.5 Å². The van der Waals surface area contributed by atoms with E-state index in [1.165, 1.54) is 39.6 Å². The second-order valence-corrected chi connectivity index (χ2v) is 5.57. The van der Waals surface area contributed by atoms with Gasteiger partial charge in [-0.3, -0.25) is 0 Å². The molecule has 2 aliphatic heterocycles. The third kappa shape index (κ3) is 3.16. The highest BCUT2D eigenvalue weighted by Crippen LogP contribution is 2.32. The van der Waals surface area contributed by atoms with Crippen LogP contribution in [0.5, 0.6) is 0 Å². The Morgan fingerprint density at radius 2 is 1.56 bits per heavy atom. The van der Waals surface area contributed by atoms with Crippen LogP contribution in [-0.4, -0.2) is 55.7 Å². The lowest BCUT2D eigenvalue weighted by Gasteiger charge is -2.39. The first kappa shape index (κ1) is 13.7. The maximum Gasteiger partial charge on any atom is 0.409 e. The fourth-order valence-electron chi connectivity index (χ4n) is 3.42. The molecule has 1 amide bonds. The number of ether oxygens (including phenoxy) is 1. The zero-order chi connectivity index (χ0) is 13.0. The molecule has 2 rings (SSSR count). The molecule has 2 aliphatic rings. The van der Waals surface area contributed by atoms with Gasteiger partial charge in [-0.15, -0.1) is 0 Å². The Morgan fingerprint density at radius 1 is 1.06 bits per heavy atom. The van der Waals surface area contributed by atoms with Crippen LogP contribution in [0.15, 0.2) is 0 Å². The first-order valence-corrected chi connectivity index (χ1v) is 7.29. The van der Waals surface area contributed by atoms with E-state index < -0.39 is 0 Å². The van der Waals surface area contributed by atoms with Crippen molar-refractivity contribution in [3.8, 4) is 0 Å². The molecule has 0 unspecified atom stereocenters. The van der Waals surface area contributed by atoms with Crippen LogP contribution in [-0.2, 0) is 4.74 Å². The van der Waals surface area contributed by atoms with E-state index in [0.29, 0.717) is 0 Å². The predicted octanol–water partition coefficient (Wildman–Crippen LogP) is 2.20. The Bertz CT molecular complexity index is 267. The normalized spacial score (nSPS) is 24.2. The van der Waals surface area contributed by atoms with Gasteiger partial charge in [0.05, 0.1) is 7.11 Å². The molecule has 0 saturated carbocycles. The average molecular weight is 254 g/mol. The predicted molar refractivity (Wildman–Crippen MR) is 71.5 cm³/mol. The molecule has 0 aromatic carbocycles. The first-order valence-electron chi connectivity index (χ1n) is 7.29. The number of methoxy groups -OCH3 is 1. The van der Waals surface area contributed by atoms with Crippen molar-refractivity contribution in [2.24, 2.45) is 11.8 Å². The van der Waals surface area contributed by atoms with Gasteiger partial charge in [0, 0.05) is 13.1 Å². The summed E-state index contributed by atoms with van der Waals surface area (Å²) in [5.41, 5.74) is 0. The molecule has 2 heterocycles. The van der Waals surface area contributed by atoms with Crippen LogP contribution in [0.25, 0.3) is 0 Å². The Morgan fingerprint density at radius 3 is 2.00 bits per heavy atom. The Kier molecular flexibility index (Phi) is 4.87. The Balaban J connectivity index is 1.75. The molecule has 18 heavy (non-hydrogen) atoms. The van der Waals surface area contributed by atoms with Gasteiger partial charge in [0.25, 0.3) is 0 Å². The number of carbonyl (C=O) groups excluding carboxylic acids is 1. The van der Waals surface area contributed by atoms with Gasteiger partial charge in [-0.05, 0) is 57.2 Å². The molecular weight excluding hydrogens is 228 g/mol. The first-order chi connectivity index (χ1) is 8.74. The van der Waals surface area contributed by atoms with E-state index in [-0.39, 0.29) is 6.09 Å². The molecule has 2 saturated heterocycles. The van der Waals surface area contributed by atoms with Crippen LogP contribution < -0.4 is 0 Å². The quantitative estimate of drug-likeness (QED) is 0.757. The van der Waals surface area contributed by atoms with Gasteiger partial charge in [0.2, 0.25) is 0 Å². The number of rotatable bonds is 2. The number of likely N-dealkylation sites (tertiary alicyclic amines) is 2. The number of hydrogen-bond donors (Lipinski definition) is 0. The maximum absolute atomic E-state index is 11.4. The van der Waals surface area contributed by atoms with Crippen molar-refractivity contribution in [3.63, 3.8) is 0 Å². The number of piperidine rings is 2. The van der Waals surface area contributed by atoms with Crippen LogP contribution in [0.4, 0.5) is 4.79 Å². The van der Waals surface area contributed by atoms with E-state index in [1.807, 2.05) is 4.90 Å². The molecule has 0 spiro atoms. The molecule has 0 bridgehead atoms. The van der Waals surface area contributed by atoms with Crippen molar-refractivity contribution in [2.45, 2.75) is 32.6 Å². The van der Waals surface area contributed by atoms with E-state index in [9.17, 15) is 4.79 Å². The average Bonchev–Trinajstić information content (AvgIpc) is 2.47. The number of hydrogen-bond acceptors (Lipinski definition) is 3. The summed E-state index contributed by atoms with van der Waals surface area (Å²) in [6.07, 6.45) is 4.85. The summed E-state index contributed by atoms with van der Waals surface area (Å²) in [5.74, 6) is 1.71. The standard InChI is InChI=1S/C14H26N2O2/c1-3-15-8-4-12(5-9-15)13-6-10-16(11-7-13)14(17)18-2/h12-13H,3-11H2,1-2H3.